The number of allylic oxidation sites excluding steroid dienone is 8. The van der Waals surface area contributed by atoms with E-state index >= 15 is 0 Å². The first kappa shape index (κ1) is 13.8. The molecule has 0 bridgehead atoms. The van der Waals surface area contributed by atoms with Crippen molar-refractivity contribution in [3.05, 3.63) is 173 Å². The zero-order valence-corrected chi connectivity index (χ0v) is 20.6. The van der Waals surface area contributed by atoms with Gasteiger partial charge in [-0.25, -0.2) is 0 Å². The normalized spacial score (nSPS) is 24.0. The quantitative estimate of drug-likeness (QED) is 0.217. The van der Waals surface area contributed by atoms with E-state index < -0.39 is 48.2 Å². The first-order chi connectivity index (χ1) is 24.4. The van der Waals surface area contributed by atoms with E-state index in [4.69, 9.17) is 19.5 Å². The van der Waals surface area contributed by atoms with Crippen molar-refractivity contribution in [2.45, 2.75) is 0 Å². The summed E-state index contributed by atoms with van der Waals surface area (Å²) in [5.74, 6) is -0.712. The summed E-state index contributed by atoms with van der Waals surface area (Å²) in [6.45, 7) is 0.657. The minimum atomic E-state index is -0.527. The molecule has 2 unspecified atom stereocenters. The lowest BCUT2D eigenvalue weighted by molar-refractivity contribution is 0.668. The van der Waals surface area contributed by atoms with E-state index in [9.17, 15) is 1.37 Å². The topological polar surface area (TPSA) is 13.1 Å². The summed E-state index contributed by atoms with van der Waals surface area (Å²) in [5, 5.41) is 1.80. The Morgan fingerprint density at radius 3 is 2.46 bits per heavy atom. The highest BCUT2D eigenvalue weighted by Crippen LogP contribution is 2.43. The molecule has 1 nitrogen and oxygen atoms in total. The number of furan rings is 1. The lowest BCUT2D eigenvalue weighted by atomic mass is 9.69. The fourth-order valence-corrected chi connectivity index (χ4v) is 5.67. The zero-order chi connectivity index (χ0) is 36.5. The SMILES string of the molecule is [2H]C=C([2H])/C([2H])=C([2H])\C([2H])=C\c1cccc(C2=c3ccccc3=C(c3c([2H])c([2H])c([2H])c4oc5c([2H])c([2H])c([2H])c([2H])c5c34)C3C=CC=CC23)c1. The molecule has 0 aliphatic heterocycles. The molecular weight excluding hydrogens is 472 g/mol. The molecule has 2 aliphatic carbocycles. The Morgan fingerprint density at radius 1 is 0.795 bits per heavy atom. The molecular formula is C38H28O. The molecule has 0 N–H and O–H groups in total. The number of rotatable bonds is 5. The second kappa shape index (κ2) is 9.78. The van der Waals surface area contributed by atoms with Gasteiger partial charge in [-0.15, -0.1) is 0 Å². The molecule has 7 rings (SSSR count). The Kier molecular flexibility index (Phi) is 3.45. The summed E-state index contributed by atoms with van der Waals surface area (Å²) >= 11 is 0. The van der Waals surface area contributed by atoms with E-state index in [0.29, 0.717) is 17.7 Å². The van der Waals surface area contributed by atoms with Gasteiger partial charge in [0.25, 0.3) is 0 Å². The van der Waals surface area contributed by atoms with Crippen LogP contribution in [0.25, 0.3) is 39.2 Å². The minimum absolute atomic E-state index is 0.0553. The second-order valence-corrected chi connectivity index (χ2v) is 9.26. The van der Waals surface area contributed by atoms with Crippen molar-refractivity contribution < 1.29 is 20.9 Å². The molecule has 4 aromatic carbocycles. The largest absolute Gasteiger partial charge is 0.456 e. The molecule has 0 fully saturated rings. The Labute approximate surface area is 245 Å². The minimum Gasteiger partial charge on any atom is -0.456 e. The molecule has 5 aromatic rings. The molecule has 0 radical (unpaired) electrons. The molecule has 0 saturated carbocycles. The second-order valence-electron chi connectivity index (χ2n) is 9.26. The number of hydrogen-bond donors (Lipinski definition) is 0. The van der Waals surface area contributed by atoms with Crippen molar-refractivity contribution in [3.8, 4) is 0 Å². The van der Waals surface area contributed by atoms with Gasteiger partial charge in [-0.1, -0.05) is 134 Å². The van der Waals surface area contributed by atoms with Crippen molar-refractivity contribution in [2.75, 3.05) is 0 Å². The van der Waals surface area contributed by atoms with Crippen LogP contribution in [0.15, 0.2) is 150 Å². The predicted octanol–water partition coefficient (Wildman–Crippen LogP) is 8.11. The summed E-state index contributed by atoms with van der Waals surface area (Å²) in [6.07, 6.45) is 9.29. The van der Waals surface area contributed by atoms with Crippen LogP contribution in [0, 0.1) is 11.8 Å². The van der Waals surface area contributed by atoms with Gasteiger partial charge in [0.05, 0.1) is 16.4 Å². The smallest absolute Gasteiger partial charge is 0.136 e. The monoisotopic (exact) mass is 512 g/mol. The summed E-state index contributed by atoms with van der Waals surface area (Å²) in [4.78, 5) is 0. The molecule has 1 aromatic heterocycles. The number of fused-ring (bicyclic) bond motifs is 5. The first-order valence-electron chi connectivity index (χ1n) is 18.6. The number of benzene rings is 4. The van der Waals surface area contributed by atoms with Crippen LogP contribution < -0.4 is 10.4 Å². The van der Waals surface area contributed by atoms with Crippen molar-refractivity contribution >= 4 is 39.2 Å². The van der Waals surface area contributed by atoms with E-state index in [-0.39, 0.29) is 57.6 Å². The predicted molar refractivity (Wildman–Crippen MR) is 165 cm³/mol. The van der Waals surface area contributed by atoms with Crippen molar-refractivity contribution in [1.29, 1.82) is 0 Å². The van der Waals surface area contributed by atoms with Gasteiger partial charge in [-0.3, -0.25) is 0 Å². The fourth-order valence-electron chi connectivity index (χ4n) is 5.67. The molecule has 39 heavy (non-hydrogen) atoms. The number of para-hydroxylation sites is 1. The fraction of sp³-hybridized carbons (Fsp3) is 0.0526. The maximum atomic E-state index is 9.25. The van der Waals surface area contributed by atoms with E-state index in [2.05, 4.69) is 0 Å². The molecule has 1 heterocycles. The van der Waals surface area contributed by atoms with Gasteiger partial charge in [0.15, 0.2) is 0 Å². The van der Waals surface area contributed by atoms with Crippen LogP contribution in [0.3, 0.4) is 0 Å². The molecule has 2 atom stereocenters. The third-order valence-corrected chi connectivity index (χ3v) is 7.17. The Hall–Kier alpha value is -4.88. The van der Waals surface area contributed by atoms with Crippen LogP contribution in [0.2, 0.25) is 0 Å². The van der Waals surface area contributed by atoms with Gasteiger partial charge in [-0.2, -0.15) is 0 Å². The molecule has 0 saturated heterocycles. The van der Waals surface area contributed by atoms with E-state index in [1.54, 1.807) is 6.07 Å². The molecule has 0 amide bonds. The van der Waals surface area contributed by atoms with Crippen LogP contribution in [0.1, 0.15) is 33.1 Å². The molecule has 1 heteroatoms. The van der Waals surface area contributed by atoms with Gasteiger partial charge in [0.1, 0.15) is 11.2 Å². The van der Waals surface area contributed by atoms with Crippen LogP contribution in [0.4, 0.5) is 0 Å². The summed E-state index contributed by atoms with van der Waals surface area (Å²) in [6, 6.07) is 10.5. The maximum absolute atomic E-state index is 9.25. The molecule has 0 spiro atoms. The summed E-state index contributed by atoms with van der Waals surface area (Å²) in [5.41, 5.74) is 3.03. The molecule has 2 aliphatic rings. The summed E-state index contributed by atoms with van der Waals surface area (Å²) in [7, 11) is 0. The molecule has 186 valence electrons. The lowest BCUT2D eigenvalue weighted by Gasteiger charge is -2.33. The van der Waals surface area contributed by atoms with Crippen LogP contribution in [-0.4, -0.2) is 0 Å². The third kappa shape index (κ3) is 3.95. The Balaban J connectivity index is 1.58. The van der Waals surface area contributed by atoms with Crippen LogP contribution >= 0.6 is 0 Å². The van der Waals surface area contributed by atoms with E-state index in [1.165, 1.54) is 6.08 Å². The van der Waals surface area contributed by atoms with Crippen molar-refractivity contribution in [2.24, 2.45) is 11.8 Å². The zero-order valence-electron chi connectivity index (χ0n) is 32.6. The van der Waals surface area contributed by atoms with Gasteiger partial charge < -0.3 is 4.42 Å². The number of hydrogen-bond acceptors (Lipinski definition) is 1. The van der Waals surface area contributed by atoms with Gasteiger partial charge in [0, 0.05) is 22.6 Å². The van der Waals surface area contributed by atoms with E-state index in [1.807, 2.05) is 66.8 Å². The van der Waals surface area contributed by atoms with E-state index in [0.717, 1.165) is 21.6 Å². The van der Waals surface area contributed by atoms with Crippen molar-refractivity contribution in [3.63, 3.8) is 0 Å². The average Bonchev–Trinajstić information content (AvgIpc) is 3.55. The average molecular weight is 513 g/mol. The van der Waals surface area contributed by atoms with Gasteiger partial charge >= 0.3 is 0 Å². The van der Waals surface area contributed by atoms with Gasteiger partial charge in [-0.05, 0) is 56.4 Å². The highest BCUT2D eigenvalue weighted by atomic mass is 16.3. The first-order valence-corrected chi connectivity index (χ1v) is 12.5. The van der Waals surface area contributed by atoms with Crippen LogP contribution in [0.5, 0.6) is 0 Å². The summed E-state index contributed by atoms with van der Waals surface area (Å²) < 4.78 is 106. The maximum Gasteiger partial charge on any atom is 0.136 e. The lowest BCUT2D eigenvalue weighted by Crippen LogP contribution is -2.40. The highest BCUT2D eigenvalue weighted by molar-refractivity contribution is 6.10. The van der Waals surface area contributed by atoms with Crippen LogP contribution in [-0.2, 0) is 0 Å². The third-order valence-electron chi connectivity index (χ3n) is 7.17. The Morgan fingerprint density at radius 2 is 1.59 bits per heavy atom. The van der Waals surface area contributed by atoms with Crippen molar-refractivity contribution in [1.82, 2.24) is 0 Å². The Bertz CT molecular complexity index is 2620. The van der Waals surface area contributed by atoms with Gasteiger partial charge in [0.2, 0.25) is 0 Å². The standard InChI is InChI=1S/C38H28O/c1-2-3-4-5-14-26-15-12-16-27(25-26)36-28-17-6-8-19-30(28)37(31-20-9-7-18-29(31)36)33-22-13-24-35-38(33)32-21-10-11-23-34(32)39-35/h2-25,28,30H,1H2/b4-3-,14-5+/i1D,2D,3D,4D,5D,10D,11D,13D,21D,22D,23D,24D/b2-1?,4-3-,14-5+. The highest BCUT2D eigenvalue weighted by Gasteiger charge is 2.32.